The third-order valence-electron chi connectivity index (χ3n) is 2.97. The molecule has 2 heterocycles. The maximum atomic E-state index is 12.3. The van der Waals surface area contributed by atoms with Crippen LogP contribution in [0.25, 0.3) is 11.3 Å². The number of halogens is 1. The van der Waals surface area contributed by atoms with Crippen molar-refractivity contribution in [3.05, 3.63) is 65.4 Å². The molecule has 0 atom stereocenters. The van der Waals surface area contributed by atoms with Crippen molar-refractivity contribution in [2.75, 3.05) is 0 Å². The van der Waals surface area contributed by atoms with E-state index in [1.165, 1.54) is 12.3 Å². The molecular weight excluding hydrogens is 324 g/mol. The first-order chi connectivity index (χ1) is 10.6. The Morgan fingerprint density at radius 1 is 1.09 bits per heavy atom. The summed E-state index contributed by atoms with van der Waals surface area (Å²) in [6, 6.07) is 14.0. The normalized spacial score (nSPS) is 11.5. The van der Waals surface area contributed by atoms with Gasteiger partial charge >= 0.3 is 0 Å². The molecule has 0 N–H and O–H groups in total. The lowest BCUT2D eigenvalue weighted by atomic mass is 10.2. The molecule has 3 rings (SSSR count). The maximum absolute atomic E-state index is 12.3. The third kappa shape index (κ3) is 3.03. The molecule has 0 spiro atoms. The van der Waals surface area contributed by atoms with Gasteiger partial charge in [0.15, 0.2) is 10.8 Å². The highest BCUT2D eigenvalue weighted by Crippen LogP contribution is 2.24. The van der Waals surface area contributed by atoms with Crippen molar-refractivity contribution in [2.45, 2.75) is 10.8 Å². The molecule has 0 amide bonds. The monoisotopic (exact) mass is 334 g/mol. The first-order valence-electron chi connectivity index (χ1n) is 6.40. The molecule has 1 aromatic carbocycles. The van der Waals surface area contributed by atoms with Gasteiger partial charge in [0.25, 0.3) is 0 Å². The predicted octanol–water partition coefficient (Wildman–Crippen LogP) is 3.36. The zero-order valence-electron chi connectivity index (χ0n) is 11.3. The summed E-state index contributed by atoms with van der Waals surface area (Å²) in [5, 5.41) is 3.75. The number of benzene rings is 1. The second-order valence-corrected chi connectivity index (χ2v) is 6.91. The molecule has 112 valence electrons. The Bertz CT molecular complexity index is 892. The number of hydrogen-bond donors (Lipinski definition) is 0. The minimum Gasteiger partial charge on any atom is -0.356 e. The second-order valence-electron chi connectivity index (χ2n) is 4.60. The third-order valence-corrected chi connectivity index (χ3v) is 4.98. The maximum Gasteiger partial charge on any atom is 0.202 e. The first kappa shape index (κ1) is 14.7. The highest BCUT2D eigenvalue weighted by molar-refractivity contribution is 7.90. The minimum absolute atomic E-state index is 0.0919. The average molecular weight is 335 g/mol. The van der Waals surface area contributed by atoms with Gasteiger partial charge in [0, 0.05) is 17.8 Å². The van der Waals surface area contributed by atoms with Gasteiger partial charge in [0.05, 0.1) is 10.7 Å². The van der Waals surface area contributed by atoms with E-state index in [0.717, 1.165) is 5.56 Å². The van der Waals surface area contributed by atoms with Crippen LogP contribution in [0, 0.1) is 0 Å². The summed E-state index contributed by atoms with van der Waals surface area (Å²) in [6.07, 6.45) is 1.39. The summed E-state index contributed by atoms with van der Waals surface area (Å²) >= 11 is 5.89. The molecule has 2 aromatic heterocycles. The molecule has 0 aliphatic heterocycles. The SMILES string of the molecule is O=S(=O)(Cc1cc(-c2ccccc2)on1)c1ncccc1Cl. The smallest absolute Gasteiger partial charge is 0.202 e. The van der Waals surface area contributed by atoms with Gasteiger partial charge in [0.1, 0.15) is 5.75 Å². The highest BCUT2D eigenvalue weighted by atomic mass is 35.5. The molecule has 0 saturated carbocycles. The largest absolute Gasteiger partial charge is 0.356 e. The molecule has 0 unspecified atom stereocenters. The Morgan fingerprint density at radius 2 is 1.86 bits per heavy atom. The molecule has 0 saturated heterocycles. The van der Waals surface area contributed by atoms with Gasteiger partial charge in [-0.25, -0.2) is 13.4 Å². The molecule has 7 heteroatoms. The first-order valence-corrected chi connectivity index (χ1v) is 8.43. The Hall–Kier alpha value is -2.18. The Morgan fingerprint density at radius 3 is 2.59 bits per heavy atom. The van der Waals surface area contributed by atoms with Crippen molar-refractivity contribution in [2.24, 2.45) is 0 Å². The van der Waals surface area contributed by atoms with Crippen LogP contribution in [0.15, 0.2) is 64.3 Å². The van der Waals surface area contributed by atoms with E-state index in [4.69, 9.17) is 16.1 Å². The van der Waals surface area contributed by atoms with E-state index in [9.17, 15) is 8.42 Å². The molecule has 0 aliphatic rings. The molecule has 22 heavy (non-hydrogen) atoms. The van der Waals surface area contributed by atoms with Crippen LogP contribution in [0.2, 0.25) is 5.02 Å². The van der Waals surface area contributed by atoms with Crippen LogP contribution in [0.4, 0.5) is 0 Å². The fourth-order valence-electron chi connectivity index (χ4n) is 1.98. The molecule has 0 fully saturated rings. The van der Waals surface area contributed by atoms with Crippen LogP contribution in [0.5, 0.6) is 0 Å². The number of rotatable bonds is 4. The number of sulfone groups is 1. The zero-order chi connectivity index (χ0) is 15.6. The van der Waals surface area contributed by atoms with E-state index in [-0.39, 0.29) is 15.8 Å². The second kappa shape index (κ2) is 5.90. The van der Waals surface area contributed by atoms with Gasteiger partial charge in [-0.3, -0.25) is 0 Å². The van der Waals surface area contributed by atoms with Crippen molar-refractivity contribution in [3.63, 3.8) is 0 Å². The molecule has 0 aliphatic carbocycles. The van der Waals surface area contributed by atoms with Crippen LogP contribution < -0.4 is 0 Å². The van der Waals surface area contributed by atoms with Crippen molar-refractivity contribution < 1.29 is 12.9 Å². The molecule has 5 nitrogen and oxygen atoms in total. The highest BCUT2D eigenvalue weighted by Gasteiger charge is 2.22. The molecule has 3 aromatic rings. The van der Waals surface area contributed by atoms with Crippen molar-refractivity contribution in [1.29, 1.82) is 0 Å². The van der Waals surface area contributed by atoms with Gasteiger partial charge in [0.2, 0.25) is 9.84 Å². The minimum atomic E-state index is -3.68. The standard InChI is InChI=1S/C15H11ClN2O3S/c16-13-7-4-8-17-15(13)22(19,20)10-12-9-14(21-18-12)11-5-2-1-3-6-11/h1-9H,10H2. The van der Waals surface area contributed by atoms with E-state index in [2.05, 4.69) is 10.1 Å². The van der Waals surface area contributed by atoms with E-state index in [1.807, 2.05) is 30.3 Å². The lowest BCUT2D eigenvalue weighted by molar-refractivity contribution is 0.425. The van der Waals surface area contributed by atoms with Crippen LogP contribution in [0.1, 0.15) is 5.69 Å². The summed E-state index contributed by atoms with van der Waals surface area (Å²) in [4.78, 5) is 3.83. The van der Waals surface area contributed by atoms with E-state index >= 15 is 0 Å². The predicted molar refractivity (Wildman–Crippen MR) is 82.1 cm³/mol. The van der Waals surface area contributed by atoms with Gasteiger partial charge in [-0.2, -0.15) is 0 Å². The molecule has 0 bridgehead atoms. The Balaban J connectivity index is 1.88. The summed E-state index contributed by atoms with van der Waals surface area (Å²) < 4.78 is 29.9. The van der Waals surface area contributed by atoms with Crippen molar-refractivity contribution in [1.82, 2.24) is 10.1 Å². The van der Waals surface area contributed by atoms with Gasteiger partial charge < -0.3 is 4.52 Å². The van der Waals surface area contributed by atoms with E-state index < -0.39 is 9.84 Å². The Labute approximate surface area is 132 Å². The zero-order valence-corrected chi connectivity index (χ0v) is 12.9. The van der Waals surface area contributed by atoms with Crippen LogP contribution >= 0.6 is 11.6 Å². The van der Waals surface area contributed by atoms with Gasteiger partial charge in [-0.15, -0.1) is 0 Å². The lowest BCUT2D eigenvalue weighted by Crippen LogP contribution is -2.07. The molecular formula is C15H11ClN2O3S. The fourth-order valence-corrected chi connectivity index (χ4v) is 3.70. The summed E-state index contributed by atoms with van der Waals surface area (Å²) in [6.45, 7) is 0. The number of pyridine rings is 1. The fraction of sp³-hybridized carbons (Fsp3) is 0.0667. The summed E-state index contributed by atoms with van der Waals surface area (Å²) in [7, 11) is -3.68. The van der Waals surface area contributed by atoms with Crippen LogP contribution in [-0.4, -0.2) is 18.6 Å². The molecule has 0 radical (unpaired) electrons. The summed E-state index contributed by atoms with van der Waals surface area (Å²) in [5.41, 5.74) is 1.13. The average Bonchev–Trinajstić information content (AvgIpc) is 2.96. The summed E-state index contributed by atoms with van der Waals surface area (Å²) in [5.74, 6) is 0.193. The van der Waals surface area contributed by atoms with Crippen LogP contribution in [0.3, 0.4) is 0 Å². The van der Waals surface area contributed by atoms with E-state index in [0.29, 0.717) is 11.5 Å². The van der Waals surface area contributed by atoms with Gasteiger partial charge in [-0.1, -0.05) is 47.1 Å². The topological polar surface area (TPSA) is 73.1 Å². The quantitative estimate of drug-likeness (QED) is 0.731. The van der Waals surface area contributed by atoms with Crippen molar-refractivity contribution in [3.8, 4) is 11.3 Å². The lowest BCUT2D eigenvalue weighted by Gasteiger charge is -2.02. The number of nitrogens with zero attached hydrogens (tertiary/aromatic N) is 2. The van der Waals surface area contributed by atoms with Crippen LogP contribution in [-0.2, 0) is 15.6 Å². The van der Waals surface area contributed by atoms with Crippen molar-refractivity contribution >= 4 is 21.4 Å². The Kier molecular flexibility index (Phi) is 3.96. The van der Waals surface area contributed by atoms with Gasteiger partial charge in [-0.05, 0) is 12.1 Å². The number of hydrogen-bond acceptors (Lipinski definition) is 5. The number of aromatic nitrogens is 2. The van der Waals surface area contributed by atoms with E-state index in [1.54, 1.807) is 12.1 Å².